The number of H-pyrrole nitrogens is 1. The van der Waals surface area contributed by atoms with E-state index >= 15 is 0 Å². The lowest BCUT2D eigenvalue weighted by molar-refractivity contribution is 0.312. The Kier molecular flexibility index (Phi) is 6.44. The highest BCUT2D eigenvalue weighted by Crippen LogP contribution is 2.37. The molecule has 37 heavy (non-hydrogen) atoms. The molecule has 2 aliphatic rings. The molecular weight excluding hydrogens is 468 g/mol. The van der Waals surface area contributed by atoms with Crippen molar-refractivity contribution in [2.45, 2.75) is 32.2 Å². The summed E-state index contributed by atoms with van der Waals surface area (Å²) in [7, 11) is 2.16. The number of piperazine rings is 1. The number of pyridine rings is 1. The van der Waals surface area contributed by atoms with Gasteiger partial charge in [0.2, 0.25) is 5.95 Å². The molecule has 2 N–H and O–H groups in total. The van der Waals surface area contributed by atoms with Crippen LogP contribution in [0.2, 0.25) is 0 Å². The standard InChI is InChI=1S/C26H32N10O/c1-3-18-15-24(32-31-18)28-23-17-25(35-13-11-34(2)12-14-35)30-26(29-23)36-10-6-8-21(36)22-16-20(33-37-22)19-7-4-5-9-27-19/h4-5,7,9,15-17,21H,3,6,8,10-14H2,1-2H3,(H2,28,29,30,31,32)/t21-/m0/s1. The molecule has 0 spiro atoms. The van der Waals surface area contributed by atoms with Gasteiger partial charge in [0.1, 0.15) is 17.3 Å². The van der Waals surface area contributed by atoms with Gasteiger partial charge in [0, 0.05) is 62.8 Å². The molecule has 0 unspecified atom stereocenters. The molecule has 1 atom stereocenters. The molecule has 2 aliphatic heterocycles. The largest absolute Gasteiger partial charge is 0.358 e. The minimum absolute atomic E-state index is 0.0117. The van der Waals surface area contributed by atoms with Gasteiger partial charge in [0.15, 0.2) is 11.6 Å². The molecule has 2 saturated heterocycles. The van der Waals surface area contributed by atoms with Crippen molar-refractivity contribution in [2.75, 3.05) is 54.9 Å². The minimum atomic E-state index is 0.0117. The van der Waals surface area contributed by atoms with Crippen molar-refractivity contribution < 1.29 is 4.52 Å². The summed E-state index contributed by atoms with van der Waals surface area (Å²) in [5, 5.41) is 15.2. The van der Waals surface area contributed by atoms with Crippen LogP contribution in [0, 0.1) is 0 Å². The second kappa shape index (κ2) is 10.2. The second-order valence-electron chi connectivity index (χ2n) is 9.64. The Morgan fingerprint density at radius 2 is 1.92 bits per heavy atom. The van der Waals surface area contributed by atoms with Crippen LogP contribution in [0.3, 0.4) is 0 Å². The number of aromatic amines is 1. The molecule has 11 nitrogen and oxygen atoms in total. The molecule has 192 valence electrons. The molecule has 0 radical (unpaired) electrons. The minimum Gasteiger partial charge on any atom is -0.358 e. The molecule has 0 amide bonds. The summed E-state index contributed by atoms with van der Waals surface area (Å²) in [5.74, 6) is 3.89. The molecule has 0 bridgehead atoms. The monoisotopic (exact) mass is 500 g/mol. The quantitative estimate of drug-likeness (QED) is 0.390. The number of hydrogen-bond acceptors (Lipinski definition) is 10. The Morgan fingerprint density at radius 1 is 1.03 bits per heavy atom. The van der Waals surface area contributed by atoms with Gasteiger partial charge in [0.05, 0.1) is 11.7 Å². The fraction of sp³-hybridized carbons (Fsp3) is 0.423. The second-order valence-corrected chi connectivity index (χ2v) is 9.64. The highest BCUT2D eigenvalue weighted by Gasteiger charge is 2.32. The zero-order valence-electron chi connectivity index (χ0n) is 21.3. The maximum Gasteiger partial charge on any atom is 0.229 e. The fourth-order valence-corrected chi connectivity index (χ4v) is 4.93. The van der Waals surface area contributed by atoms with Crippen LogP contribution in [0.1, 0.15) is 37.3 Å². The molecule has 6 rings (SSSR count). The number of nitrogens with zero attached hydrogens (tertiary/aromatic N) is 8. The first-order valence-corrected chi connectivity index (χ1v) is 12.9. The maximum atomic E-state index is 5.82. The van der Waals surface area contributed by atoms with Gasteiger partial charge in [-0.3, -0.25) is 10.1 Å². The Hall–Kier alpha value is -3.99. The van der Waals surface area contributed by atoms with Gasteiger partial charge in [0.25, 0.3) is 0 Å². The van der Waals surface area contributed by atoms with Crippen LogP contribution >= 0.6 is 0 Å². The zero-order chi connectivity index (χ0) is 25.2. The summed E-state index contributed by atoms with van der Waals surface area (Å²) in [6, 6.07) is 11.8. The van der Waals surface area contributed by atoms with Crippen molar-refractivity contribution in [1.29, 1.82) is 0 Å². The lowest BCUT2D eigenvalue weighted by Gasteiger charge is -2.34. The van der Waals surface area contributed by atoms with Crippen molar-refractivity contribution in [3.63, 3.8) is 0 Å². The van der Waals surface area contributed by atoms with E-state index in [1.54, 1.807) is 6.20 Å². The highest BCUT2D eigenvalue weighted by atomic mass is 16.5. The summed E-state index contributed by atoms with van der Waals surface area (Å²) < 4.78 is 5.82. The van der Waals surface area contributed by atoms with E-state index < -0.39 is 0 Å². The van der Waals surface area contributed by atoms with E-state index in [2.05, 4.69) is 54.3 Å². The first-order chi connectivity index (χ1) is 18.2. The van der Waals surface area contributed by atoms with Crippen molar-refractivity contribution in [2.24, 2.45) is 0 Å². The van der Waals surface area contributed by atoms with E-state index in [4.69, 9.17) is 14.5 Å². The van der Waals surface area contributed by atoms with Crippen LogP contribution in [0.25, 0.3) is 11.4 Å². The first kappa shape index (κ1) is 23.4. The lowest BCUT2D eigenvalue weighted by atomic mass is 10.1. The molecular formula is C26H32N10O. The number of aromatic nitrogens is 6. The van der Waals surface area contributed by atoms with Gasteiger partial charge in [-0.25, -0.2) is 0 Å². The summed E-state index contributed by atoms with van der Waals surface area (Å²) >= 11 is 0. The normalized spacial score (nSPS) is 18.5. The summed E-state index contributed by atoms with van der Waals surface area (Å²) in [6.45, 7) is 6.80. The number of rotatable bonds is 7. The first-order valence-electron chi connectivity index (χ1n) is 12.9. The fourth-order valence-electron chi connectivity index (χ4n) is 4.93. The molecule has 2 fully saturated rings. The summed E-state index contributed by atoms with van der Waals surface area (Å²) in [4.78, 5) is 21.3. The molecule has 0 aliphatic carbocycles. The van der Waals surface area contributed by atoms with Crippen LogP contribution in [0.5, 0.6) is 0 Å². The molecule has 11 heteroatoms. The molecule has 0 aromatic carbocycles. The van der Waals surface area contributed by atoms with Crippen molar-refractivity contribution in [3.05, 3.63) is 54.0 Å². The Bertz CT molecular complexity index is 1330. The van der Waals surface area contributed by atoms with E-state index in [9.17, 15) is 0 Å². The number of hydrogen-bond donors (Lipinski definition) is 2. The molecule has 6 heterocycles. The molecule has 4 aromatic rings. The number of likely N-dealkylation sites (N-methyl/N-ethyl adjacent to an activating group) is 1. The average Bonchev–Trinajstić information content (AvgIpc) is 3.70. The van der Waals surface area contributed by atoms with Crippen molar-refractivity contribution in [3.8, 4) is 11.4 Å². The summed E-state index contributed by atoms with van der Waals surface area (Å²) in [6.07, 6.45) is 4.62. The van der Waals surface area contributed by atoms with E-state index in [-0.39, 0.29) is 6.04 Å². The number of aryl methyl sites for hydroxylation is 1. The maximum absolute atomic E-state index is 5.82. The van der Waals surface area contributed by atoms with Gasteiger partial charge in [-0.05, 0) is 38.4 Å². The van der Waals surface area contributed by atoms with E-state index in [1.807, 2.05) is 36.4 Å². The predicted octanol–water partition coefficient (Wildman–Crippen LogP) is 3.65. The van der Waals surface area contributed by atoms with Gasteiger partial charge < -0.3 is 24.5 Å². The third-order valence-corrected chi connectivity index (χ3v) is 7.09. The van der Waals surface area contributed by atoms with E-state index in [1.165, 1.54) is 0 Å². The summed E-state index contributed by atoms with van der Waals surface area (Å²) in [5.41, 5.74) is 2.61. The smallest absolute Gasteiger partial charge is 0.229 e. The van der Waals surface area contributed by atoms with Gasteiger partial charge >= 0.3 is 0 Å². The topological polar surface area (TPSA) is 115 Å². The highest BCUT2D eigenvalue weighted by molar-refractivity contribution is 5.61. The lowest BCUT2D eigenvalue weighted by Crippen LogP contribution is -2.45. The van der Waals surface area contributed by atoms with Crippen LogP contribution < -0.4 is 15.1 Å². The van der Waals surface area contributed by atoms with Crippen molar-refractivity contribution in [1.82, 2.24) is 35.2 Å². The van der Waals surface area contributed by atoms with Crippen LogP contribution in [0.15, 0.2) is 47.1 Å². The Morgan fingerprint density at radius 3 is 2.70 bits per heavy atom. The van der Waals surface area contributed by atoms with Gasteiger partial charge in [-0.15, -0.1) is 0 Å². The van der Waals surface area contributed by atoms with E-state index in [0.717, 1.165) is 92.3 Å². The third kappa shape index (κ3) is 4.99. The molecule has 0 saturated carbocycles. The van der Waals surface area contributed by atoms with Crippen molar-refractivity contribution >= 4 is 23.4 Å². The van der Waals surface area contributed by atoms with Crippen LogP contribution in [0.4, 0.5) is 23.4 Å². The Labute approximate surface area is 215 Å². The Balaban J connectivity index is 1.31. The van der Waals surface area contributed by atoms with Gasteiger partial charge in [-0.2, -0.15) is 15.1 Å². The SMILES string of the molecule is CCc1cc(Nc2cc(N3CCN(C)CC3)nc(N3CCC[C@H]3c3cc(-c4ccccn4)no3)n2)n[nH]1. The van der Waals surface area contributed by atoms with Gasteiger partial charge in [-0.1, -0.05) is 18.1 Å². The van der Waals surface area contributed by atoms with E-state index in [0.29, 0.717) is 5.95 Å². The number of anilines is 4. The predicted molar refractivity (Wildman–Crippen MR) is 142 cm³/mol. The van der Waals surface area contributed by atoms with Crippen LogP contribution in [-0.2, 0) is 6.42 Å². The molecule has 4 aromatic heterocycles. The van der Waals surface area contributed by atoms with Crippen LogP contribution in [-0.4, -0.2) is 75.0 Å². The zero-order valence-corrected chi connectivity index (χ0v) is 21.3. The number of nitrogens with one attached hydrogen (secondary N) is 2. The average molecular weight is 501 g/mol. The third-order valence-electron chi connectivity index (χ3n) is 7.09.